The van der Waals surface area contributed by atoms with E-state index in [4.69, 9.17) is 11.2 Å². The monoisotopic (exact) mass is 304 g/mol. The molecule has 1 aromatic rings. The van der Waals surface area contributed by atoms with Crippen molar-refractivity contribution in [3.05, 3.63) is 24.3 Å². The third-order valence-corrected chi connectivity index (χ3v) is 4.38. The Morgan fingerprint density at radius 1 is 1.52 bits per heavy atom. The van der Waals surface area contributed by atoms with Crippen molar-refractivity contribution < 1.29 is 9.53 Å². The number of nitrogens with one attached hydrogen (secondary N) is 1. The maximum absolute atomic E-state index is 12.5. The molecule has 5 heteroatoms. The van der Waals surface area contributed by atoms with Gasteiger partial charge in [0.1, 0.15) is 12.4 Å². The van der Waals surface area contributed by atoms with Crippen LogP contribution in [0.25, 0.3) is 0 Å². The van der Waals surface area contributed by atoms with Crippen molar-refractivity contribution in [3.8, 4) is 18.1 Å². The largest absolute Gasteiger partial charge is 0.479 e. The van der Waals surface area contributed by atoms with Crippen LogP contribution < -0.4 is 10.1 Å². The highest BCUT2D eigenvalue weighted by Crippen LogP contribution is 2.25. The Labute approximate surface area is 130 Å². The summed E-state index contributed by atoms with van der Waals surface area (Å²) < 4.78 is 5.45. The highest BCUT2D eigenvalue weighted by molar-refractivity contribution is 7.99. The second kappa shape index (κ2) is 7.84. The fraction of sp³-hybridized carbons (Fsp3) is 0.438. The molecule has 0 aliphatic carbocycles. The van der Waals surface area contributed by atoms with Gasteiger partial charge >= 0.3 is 6.03 Å². The van der Waals surface area contributed by atoms with E-state index in [1.807, 2.05) is 34.9 Å². The highest BCUT2D eigenvalue weighted by atomic mass is 32.2. The lowest BCUT2D eigenvalue weighted by Gasteiger charge is -2.27. The van der Waals surface area contributed by atoms with Gasteiger partial charge < -0.3 is 15.0 Å². The van der Waals surface area contributed by atoms with E-state index in [-0.39, 0.29) is 18.7 Å². The predicted molar refractivity (Wildman–Crippen MR) is 87.9 cm³/mol. The van der Waals surface area contributed by atoms with Gasteiger partial charge in [-0.3, -0.25) is 0 Å². The third-order valence-electron chi connectivity index (χ3n) is 3.39. The van der Waals surface area contributed by atoms with Crippen molar-refractivity contribution in [1.82, 2.24) is 4.90 Å². The Balaban J connectivity index is 2.06. The number of carbonyl (C=O) groups excluding carboxylic acids is 1. The van der Waals surface area contributed by atoms with Crippen LogP contribution in [0.3, 0.4) is 0 Å². The lowest BCUT2D eigenvalue weighted by atomic mass is 10.2. The van der Waals surface area contributed by atoms with Crippen LogP contribution in [0.2, 0.25) is 0 Å². The van der Waals surface area contributed by atoms with Crippen LogP contribution in [0.4, 0.5) is 10.5 Å². The summed E-state index contributed by atoms with van der Waals surface area (Å²) in [5.74, 6) is 5.11. The molecule has 1 aliphatic heterocycles. The van der Waals surface area contributed by atoms with Crippen molar-refractivity contribution in [2.45, 2.75) is 19.4 Å². The first kappa shape index (κ1) is 15.6. The number of urea groups is 1. The number of benzene rings is 1. The molecule has 4 nitrogen and oxygen atoms in total. The Morgan fingerprint density at radius 3 is 3.14 bits per heavy atom. The minimum atomic E-state index is -0.0817. The van der Waals surface area contributed by atoms with Gasteiger partial charge in [-0.15, -0.1) is 6.42 Å². The van der Waals surface area contributed by atoms with Gasteiger partial charge in [0.25, 0.3) is 0 Å². The molecule has 1 aliphatic rings. The molecule has 1 fully saturated rings. The minimum absolute atomic E-state index is 0.0817. The van der Waals surface area contributed by atoms with Gasteiger partial charge in [0, 0.05) is 18.3 Å². The summed E-state index contributed by atoms with van der Waals surface area (Å²) in [6.45, 7) is 3.04. The molecule has 0 radical (unpaired) electrons. The normalized spacial score (nSPS) is 18.5. The van der Waals surface area contributed by atoms with E-state index in [1.165, 1.54) is 0 Å². The molecule has 0 spiro atoms. The van der Waals surface area contributed by atoms with Gasteiger partial charge in [-0.1, -0.05) is 18.1 Å². The second-order valence-electron chi connectivity index (χ2n) is 4.86. The number of para-hydroxylation sites is 2. The van der Waals surface area contributed by atoms with Crippen molar-refractivity contribution in [2.75, 3.05) is 30.0 Å². The lowest BCUT2D eigenvalue weighted by Crippen LogP contribution is -2.42. The zero-order valence-corrected chi connectivity index (χ0v) is 13.0. The van der Waals surface area contributed by atoms with Crippen LogP contribution in [-0.4, -0.2) is 41.6 Å². The van der Waals surface area contributed by atoms with Crippen molar-refractivity contribution in [2.24, 2.45) is 0 Å². The zero-order chi connectivity index (χ0) is 15.1. The van der Waals surface area contributed by atoms with E-state index >= 15 is 0 Å². The predicted octanol–water partition coefficient (Wildman–Crippen LogP) is 3.06. The number of carbonyl (C=O) groups is 1. The molecule has 0 aromatic heterocycles. The van der Waals surface area contributed by atoms with Crippen molar-refractivity contribution >= 4 is 23.5 Å². The van der Waals surface area contributed by atoms with Gasteiger partial charge in [0.15, 0.2) is 0 Å². The fourth-order valence-corrected chi connectivity index (χ4v) is 3.24. The van der Waals surface area contributed by atoms with Crippen molar-refractivity contribution in [3.63, 3.8) is 0 Å². The molecule has 2 amide bonds. The van der Waals surface area contributed by atoms with Crippen LogP contribution in [0.1, 0.15) is 13.3 Å². The average molecular weight is 304 g/mol. The fourth-order valence-electron chi connectivity index (χ4n) is 2.20. The number of hydrogen-bond donors (Lipinski definition) is 1. The molecule has 112 valence electrons. The van der Waals surface area contributed by atoms with Gasteiger partial charge in [0.2, 0.25) is 0 Å². The number of thioether (sulfide) groups is 1. The number of amides is 2. The van der Waals surface area contributed by atoms with Crippen LogP contribution in [0.5, 0.6) is 5.75 Å². The topological polar surface area (TPSA) is 41.6 Å². The van der Waals surface area contributed by atoms with Gasteiger partial charge in [-0.2, -0.15) is 11.8 Å². The SMILES string of the molecule is C#CCOc1ccccc1NC(=O)N1CCSCC[C@@H]1C. The summed E-state index contributed by atoms with van der Waals surface area (Å²) >= 11 is 1.89. The van der Waals surface area contributed by atoms with Crippen molar-refractivity contribution in [1.29, 1.82) is 0 Å². The van der Waals surface area contributed by atoms with Crippen LogP contribution >= 0.6 is 11.8 Å². The number of terminal acetylenes is 1. The first-order chi connectivity index (χ1) is 10.2. The number of ether oxygens (including phenoxy) is 1. The molecule has 1 heterocycles. The number of anilines is 1. The minimum Gasteiger partial charge on any atom is -0.479 e. The zero-order valence-electron chi connectivity index (χ0n) is 12.2. The Bertz CT molecular complexity index is 527. The first-order valence-electron chi connectivity index (χ1n) is 7.03. The highest BCUT2D eigenvalue weighted by Gasteiger charge is 2.22. The molecular formula is C16H20N2O2S. The van der Waals surface area contributed by atoms with Crippen LogP contribution in [-0.2, 0) is 0 Å². The maximum atomic E-state index is 12.5. The smallest absolute Gasteiger partial charge is 0.322 e. The molecule has 1 atom stereocenters. The summed E-state index contributed by atoms with van der Waals surface area (Å²) in [7, 11) is 0. The summed E-state index contributed by atoms with van der Waals surface area (Å²) in [5, 5.41) is 2.93. The molecule has 0 unspecified atom stereocenters. The van der Waals surface area contributed by atoms with Gasteiger partial charge in [-0.25, -0.2) is 4.79 Å². The number of rotatable bonds is 3. The summed E-state index contributed by atoms with van der Waals surface area (Å²) in [6.07, 6.45) is 6.23. The van der Waals surface area contributed by atoms with Crippen LogP contribution in [0, 0.1) is 12.3 Å². The van der Waals surface area contributed by atoms with E-state index in [1.54, 1.807) is 6.07 Å². The average Bonchev–Trinajstić information content (AvgIpc) is 2.71. The molecule has 2 rings (SSSR count). The van der Waals surface area contributed by atoms with E-state index in [2.05, 4.69) is 18.2 Å². The van der Waals surface area contributed by atoms with Gasteiger partial charge in [-0.05, 0) is 31.2 Å². The second-order valence-corrected chi connectivity index (χ2v) is 6.09. The standard InChI is InChI=1S/C16H20N2O2S/c1-3-10-20-15-7-5-4-6-14(15)17-16(19)18-9-12-21-11-8-13(18)2/h1,4-7,13H,8-12H2,2H3,(H,17,19)/t13-/m0/s1. The Morgan fingerprint density at radius 2 is 2.33 bits per heavy atom. The van der Waals surface area contributed by atoms with Gasteiger partial charge in [0.05, 0.1) is 5.69 Å². The third kappa shape index (κ3) is 4.33. The van der Waals surface area contributed by atoms with E-state index in [0.29, 0.717) is 11.4 Å². The molecule has 21 heavy (non-hydrogen) atoms. The quantitative estimate of drug-likeness (QED) is 0.873. The first-order valence-corrected chi connectivity index (χ1v) is 8.18. The lowest BCUT2D eigenvalue weighted by molar-refractivity contribution is 0.197. The summed E-state index contributed by atoms with van der Waals surface area (Å²) in [4.78, 5) is 14.4. The number of hydrogen-bond acceptors (Lipinski definition) is 3. The van der Waals surface area contributed by atoms with Crippen LogP contribution in [0.15, 0.2) is 24.3 Å². The van der Waals surface area contributed by atoms with E-state index in [9.17, 15) is 4.79 Å². The molecule has 1 N–H and O–H groups in total. The molecule has 0 saturated carbocycles. The molecule has 1 saturated heterocycles. The number of nitrogens with zero attached hydrogens (tertiary/aromatic N) is 1. The Hall–Kier alpha value is -1.80. The molecule has 0 bridgehead atoms. The molecule has 1 aromatic carbocycles. The summed E-state index contributed by atoms with van der Waals surface area (Å²) in [6, 6.07) is 7.50. The molecular weight excluding hydrogens is 284 g/mol. The van der Waals surface area contributed by atoms with E-state index in [0.717, 1.165) is 24.5 Å². The van der Waals surface area contributed by atoms with E-state index < -0.39 is 0 Å². The Kier molecular flexibility index (Phi) is 5.82. The summed E-state index contributed by atoms with van der Waals surface area (Å²) in [5.41, 5.74) is 0.654. The maximum Gasteiger partial charge on any atom is 0.322 e.